The van der Waals surface area contributed by atoms with E-state index in [0.717, 1.165) is 5.56 Å². The molecule has 3 heteroatoms. The van der Waals surface area contributed by atoms with Crippen LogP contribution in [0.4, 0.5) is 4.39 Å². The number of benzene rings is 1. The number of nitrogens with one attached hydrogen (secondary N) is 1. The van der Waals surface area contributed by atoms with Gasteiger partial charge in [0.2, 0.25) is 5.91 Å². The molecule has 1 N–H and O–H groups in total. The lowest BCUT2D eigenvalue weighted by Gasteiger charge is -2.16. The van der Waals surface area contributed by atoms with Crippen LogP contribution >= 0.6 is 0 Å². The van der Waals surface area contributed by atoms with Gasteiger partial charge in [-0.2, -0.15) is 0 Å². The topological polar surface area (TPSA) is 29.1 Å². The van der Waals surface area contributed by atoms with Crippen LogP contribution in [0.2, 0.25) is 0 Å². The van der Waals surface area contributed by atoms with Gasteiger partial charge in [-0.25, -0.2) is 4.39 Å². The quantitative estimate of drug-likeness (QED) is 0.809. The number of hydrogen-bond donors (Lipinski definition) is 1. The van der Waals surface area contributed by atoms with Crippen molar-refractivity contribution >= 4 is 12.0 Å². The van der Waals surface area contributed by atoms with Crippen molar-refractivity contribution in [3.05, 3.63) is 41.7 Å². The van der Waals surface area contributed by atoms with E-state index < -0.39 is 0 Å². The predicted octanol–water partition coefficient (Wildman–Crippen LogP) is 3.14. The van der Waals surface area contributed by atoms with Crippen molar-refractivity contribution in [1.82, 2.24) is 5.32 Å². The van der Waals surface area contributed by atoms with Crippen LogP contribution in [0.25, 0.3) is 6.08 Å². The number of carbonyl (C=O) groups excluding carboxylic acids is 1. The van der Waals surface area contributed by atoms with Crippen LogP contribution in [0, 0.1) is 17.7 Å². The highest BCUT2D eigenvalue weighted by Crippen LogP contribution is 2.44. The fourth-order valence-electron chi connectivity index (χ4n) is 2.49. The smallest absolute Gasteiger partial charge is 0.244 e. The minimum Gasteiger partial charge on any atom is -0.349 e. The monoisotopic (exact) mass is 259 g/mol. The predicted molar refractivity (Wildman–Crippen MR) is 72.8 cm³/mol. The molecule has 0 unspecified atom stereocenters. The molecule has 3 rings (SSSR count). The second-order valence-electron chi connectivity index (χ2n) is 5.59. The molecule has 2 saturated carbocycles. The van der Waals surface area contributed by atoms with Crippen molar-refractivity contribution in [2.45, 2.75) is 31.7 Å². The van der Waals surface area contributed by atoms with Crippen molar-refractivity contribution in [2.24, 2.45) is 11.8 Å². The van der Waals surface area contributed by atoms with Gasteiger partial charge in [-0.05, 0) is 61.3 Å². The number of carbonyl (C=O) groups is 1. The molecule has 2 aliphatic carbocycles. The van der Waals surface area contributed by atoms with Crippen LogP contribution in [0.1, 0.15) is 31.2 Å². The highest BCUT2D eigenvalue weighted by Gasteiger charge is 2.41. The van der Waals surface area contributed by atoms with E-state index >= 15 is 0 Å². The molecule has 100 valence electrons. The molecule has 0 spiro atoms. The van der Waals surface area contributed by atoms with E-state index in [4.69, 9.17) is 0 Å². The molecule has 2 nitrogen and oxygen atoms in total. The highest BCUT2D eigenvalue weighted by molar-refractivity contribution is 5.92. The first-order valence-corrected chi connectivity index (χ1v) is 6.96. The van der Waals surface area contributed by atoms with Gasteiger partial charge in [0.05, 0.1) is 0 Å². The molecule has 1 aromatic carbocycles. The Morgan fingerprint density at radius 2 is 1.74 bits per heavy atom. The summed E-state index contributed by atoms with van der Waals surface area (Å²) in [6.07, 6.45) is 8.29. The molecule has 0 atom stereocenters. The van der Waals surface area contributed by atoms with Gasteiger partial charge in [0.25, 0.3) is 0 Å². The summed E-state index contributed by atoms with van der Waals surface area (Å²) in [5.41, 5.74) is 0.839. The van der Waals surface area contributed by atoms with Crippen molar-refractivity contribution in [3.63, 3.8) is 0 Å². The van der Waals surface area contributed by atoms with Gasteiger partial charge in [-0.3, -0.25) is 4.79 Å². The molecule has 0 saturated heterocycles. The lowest BCUT2D eigenvalue weighted by molar-refractivity contribution is -0.117. The Morgan fingerprint density at radius 1 is 1.16 bits per heavy atom. The fourth-order valence-corrected chi connectivity index (χ4v) is 2.49. The van der Waals surface area contributed by atoms with E-state index in [1.54, 1.807) is 24.3 Å². The zero-order valence-electron chi connectivity index (χ0n) is 10.8. The number of amides is 1. The van der Waals surface area contributed by atoms with Gasteiger partial charge in [-0.1, -0.05) is 12.1 Å². The second-order valence-corrected chi connectivity index (χ2v) is 5.59. The summed E-state index contributed by atoms with van der Waals surface area (Å²) in [5, 5.41) is 3.12. The summed E-state index contributed by atoms with van der Waals surface area (Å²) >= 11 is 0. The fraction of sp³-hybridized carbons (Fsp3) is 0.438. The Labute approximate surface area is 112 Å². The first-order chi connectivity index (χ1) is 9.22. The summed E-state index contributed by atoms with van der Waals surface area (Å²) in [6, 6.07) is 6.51. The molecule has 0 aliphatic heterocycles. The third kappa shape index (κ3) is 3.43. The largest absolute Gasteiger partial charge is 0.349 e. The molecule has 0 heterocycles. The average Bonchev–Trinajstić information content (AvgIpc) is 3.29. The number of rotatable bonds is 5. The Bertz CT molecular complexity index is 474. The molecule has 0 bridgehead atoms. The second kappa shape index (κ2) is 5.16. The molecule has 0 radical (unpaired) electrons. The van der Waals surface area contributed by atoms with E-state index in [2.05, 4.69) is 5.32 Å². The van der Waals surface area contributed by atoms with Gasteiger partial charge >= 0.3 is 0 Å². The SMILES string of the molecule is O=C(C=Cc1ccc(F)cc1)NC(C1CC1)C1CC1. The Hall–Kier alpha value is -1.64. The molecular formula is C16H18FNO. The van der Waals surface area contributed by atoms with Crippen molar-refractivity contribution in [2.75, 3.05) is 0 Å². The highest BCUT2D eigenvalue weighted by atomic mass is 19.1. The van der Waals surface area contributed by atoms with Crippen LogP contribution in [0.3, 0.4) is 0 Å². The van der Waals surface area contributed by atoms with Gasteiger partial charge in [-0.15, -0.1) is 0 Å². The van der Waals surface area contributed by atoms with Crippen LogP contribution in [0.5, 0.6) is 0 Å². The van der Waals surface area contributed by atoms with Crippen LogP contribution in [-0.4, -0.2) is 11.9 Å². The Morgan fingerprint density at radius 3 is 2.26 bits per heavy atom. The lowest BCUT2D eigenvalue weighted by Crippen LogP contribution is -2.37. The van der Waals surface area contributed by atoms with E-state index in [9.17, 15) is 9.18 Å². The van der Waals surface area contributed by atoms with E-state index in [-0.39, 0.29) is 11.7 Å². The van der Waals surface area contributed by atoms with Gasteiger partial charge < -0.3 is 5.32 Å². The first kappa shape index (κ1) is 12.4. The van der Waals surface area contributed by atoms with E-state index in [0.29, 0.717) is 17.9 Å². The molecule has 19 heavy (non-hydrogen) atoms. The summed E-state index contributed by atoms with van der Waals surface area (Å²) in [6.45, 7) is 0. The molecule has 1 amide bonds. The minimum atomic E-state index is -0.260. The number of halogens is 1. The van der Waals surface area contributed by atoms with E-state index in [1.165, 1.54) is 37.8 Å². The maximum Gasteiger partial charge on any atom is 0.244 e. The zero-order chi connectivity index (χ0) is 13.2. The van der Waals surface area contributed by atoms with E-state index in [1.807, 2.05) is 0 Å². The molecule has 2 fully saturated rings. The third-order valence-electron chi connectivity index (χ3n) is 3.87. The van der Waals surface area contributed by atoms with Gasteiger partial charge in [0, 0.05) is 12.1 Å². The van der Waals surface area contributed by atoms with Crippen molar-refractivity contribution < 1.29 is 9.18 Å². The maximum atomic E-state index is 12.7. The first-order valence-electron chi connectivity index (χ1n) is 6.96. The molecule has 2 aliphatic rings. The zero-order valence-corrected chi connectivity index (χ0v) is 10.8. The summed E-state index contributed by atoms with van der Waals surface area (Å²) < 4.78 is 12.7. The Balaban J connectivity index is 1.56. The average molecular weight is 259 g/mol. The summed E-state index contributed by atoms with van der Waals surface area (Å²) in [4.78, 5) is 11.9. The minimum absolute atomic E-state index is 0.0341. The summed E-state index contributed by atoms with van der Waals surface area (Å²) in [7, 11) is 0. The van der Waals surface area contributed by atoms with Crippen LogP contribution in [-0.2, 0) is 4.79 Å². The van der Waals surface area contributed by atoms with Gasteiger partial charge in [0.15, 0.2) is 0 Å². The number of hydrogen-bond acceptors (Lipinski definition) is 1. The van der Waals surface area contributed by atoms with Gasteiger partial charge in [0.1, 0.15) is 5.82 Å². The maximum absolute atomic E-state index is 12.7. The normalized spacial score (nSPS) is 19.1. The lowest BCUT2D eigenvalue weighted by atomic mass is 10.1. The molecule has 0 aromatic heterocycles. The molecule has 1 aromatic rings. The summed E-state index contributed by atoms with van der Waals surface area (Å²) in [5.74, 6) is 1.11. The Kier molecular flexibility index (Phi) is 3.36. The molecular weight excluding hydrogens is 241 g/mol. The van der Waals surface area contributed by atoms with Crippen molar-refractivity contribution in [1.29, 1.82) is 0 Å². The van der Waals surface area contributed by atoms with Crippen molar-refractivity contribution in [3.8, 4) is 0 Å². The standard InChI is InChI=1S/C16H18FNO/c17-14-8-1-11(2-9-14)3-10-15(19)18-16(12-4-5-12)13-6-7-13/h1-3,8-10,12-13,16H,4-7H2,(H,18,19). The van der Waals surface area contributed by atoms with Crippen LogP contribution in [0.15, 0.2) is 30.3 Å². The third-order valence-corrected chi connectivity index (χ3v) is 3.87. The van der Waals surface area contributed by atoms with Crippen LogP contribution < -0.4 is 5.32 Å².